The Kier molecular flexibility index (Phi) is 1.10. The average Bonchev–Trinajstić information content (AvgIpc) is 2.46. The minimum Gasteiger partial charge on any atom is -0.393 e. The maximum Gasteiger partial charge on any atom is 0.0568 e. The molecule has 9 heavy (non-hydrogen) atoms. The lowest BCUT2D eigenvalue weighted by molar-refractivity contribution is 0.0747. The van der Waals surface area contributed by atoms with Crippen molar-refractivity contribution in [2.45, 2.75) is 32.3 Å². The van der Waals surface area contributed by atoms with Crippen molar-refractivity contribution in [1.29, 1.82) is 0 Å². The van der Waals surface area contributed by atoms with Crippen LogP contribution in [-0.2, 0) is 0 Å². The highest BCUT2D eigenvalue weighted by atomic mass is 16.3. The Balaban J connectivity index is 1.98. The maximum atomic E-state index is 9.37. The summed E-state index contributed by atoms with van der Waals surface area (Å²) in [5.74, 6) is 2.49. The summed E-state index contributed by atoms with van der Waals surface area (Å²) in [7, 11) is 0. The molecule has 2 fully saturated rings. The van der Waals surface area contributed by atoms with E-state index in [1.54, 1.807) is 0 Å². The molecule has 0 aromatic heterocycles. The van der Waals surface area contributed by atoms with Crippen LogP contribution in [0.2, 0.25) is 0 Å². The Hall–Kier alpha value is -0.0400. The highest BCUT2D eigenvalue weighted by Crippen LogP contribution is 2.51. The summed E-state index contributed by atoms with van der Waals surface area (Å²) in [5, 5.41) is 9.37. The monoisotopic (exact) mass is 126 g/mol. The predicted molar refractivity (Wildman–Crippen MR) is 36.0 cm³/mol. The van der Waals surface area contributed by atoms with Crippen molar-refractivity contribution in [3.8, 4) is 0 Å². The fraction of sp³-hybridized carbons (Fsp3) is 1.00. The lowest BCUT2D eigenvalue weighted by Gasteiger charge is -2.22. The molecule has 0 heterocycles. The van der Waals surface area contributed by atoms with Gasteiger partial charge >= 0.3 is 0 Å². The first-order chi connectivity index (χ1) is 4.27. The molecule has 0 saturated heterocycles. The SMILES string of the molecule is C[C@H]1C[C@H]2C[C@H]2C[C@H]1O. The summed E-state index contributed by atoms with van der Waals surface area (Å²) >= 11 is 0. The number of hydrogen-bond acceptors (Lipinski definition) is 1. The van der Waals surface area contributed by atoms with Crippen LogP contribution in [0.3, 0.4) is 0 Å². The van der Waals surface area contributed by atoms with Gasteiger partial charge in [-0.15, -0.1) is 0 Å². The van der Waals surface area contributed by atoms with Crippen LogP contribution in [0.4, 0.5) is 0 Å². The highest BCUT2D eigenvalue weighted by molar-refractivity contribution is 4.94. The van der Waals surface area contributed by atoms with E-state index in [1.165, 1.54) is 12.8 Å². The fourth-order valence-electron chi connectivity index (χ4n) is 2.06. The fourth-order valence-corrected chi connectivity index (χ4v) is 2.06. The Bertz CT molecular complexity index is 108. The van der Waals surface area contributed by atoms with E-state index in [4.69, 9.17) is 0 Å². The maximum absolute atomic E-state index is 9.37. The summed E-state index contributed by atoms with van der Waals surface area (Å²) in [6, 6.07) is 0. The number of hydrogen-bond donors (Lipinski definition) is 1. The van der Waals surface area contributed by atoms with Crippen molar-refractivity contribution in [2.24, 2.45) is 17.8 Å². The topological polar surface area (TPSA) is 20.2 Å². The molecule has 2 aliphatic carbocycles. The molecular formula is C8H14O. The first-order valence-electron chi connectivity index (χ1n) is 3.95. The van der Waals surface area contributed by atoms with Gasteiger partial charge in [0, 0.05) is 0 Å². The molecule has 0 aliphatic heterocycles. The van der Waals surface area contributed by atoms with Gasteiger partial charge < -0.3 is 5.11 Å². The van der Waals surface area contributed by atoms with Gasteiger partial charge in [-0.25, -0.2) is 0 Å². The molecule has 0 spiro atoms. The molecule has 1 N–H and O–H groups in total. The molecule has 2 saturated carbocycles. The molecule has 1 nitrogen and oxygen atoms in total. The largest absolute Gasteiger partial charge is 0.393 e. The van der Waals surface area contributed by atoms with E-state index < -0.39 is 0 Å². The normalized spacial score (nSPS) is 56.7. The molecule has 0 radical (unpaired) electrons. The molecule has 2 rings (SSSR count). The zero-order valence-electron chi connectivity index (χ0n) is 5.88. The number of rotatable bonds is 0. The van der Waals surface area contributed by atoms with Crippen LogP contribution in [0.1, 0.15) is 26.2 Å². The van der Waals surface area contributed by atoms with Gasteiger partial charge in [-0.2, -0.15) is 0 Å². The van der Waals surface area contributed by atoms with Gasteiger partial charge in [-0.1, -0.05) is 6.92 Å². The van der Waals surface area contributed by atoms with E-state index in [2.05, 4.69) is 6.92 Å². The first-order valence-corrected chi connectivity index (χ1v) is 3.95. The van der Waals surface area contributed by atoms with Crippen LogP contribution >= 0.6 is 0 Å². The number of aliphatic hydroxyl groups excluding tert-OH is 1. The summed E-state index contributed by atoms with van der Waals surface area (Å²) in [5.41, 5.74) is 0. The lowest BCUT2D eigenvalue weighted by atomic mass is 9.88. The molecule has 0 amide bonds. The third-order valence-electron chi connectivity index (χ3n) is 2.94. The predicted octanol–water partition coefficient (Wildman–Crippen LogP) is 1.41. The van der Waals surface area contributed by atoms with Crippen molar-refractivity contribution in [3.05, 3.63) is 0 Å². The molecule has 0 aromatic rings. The van der Waals surface area contributed by atoms with Crippen molar-refractivity contribution in [1.82, 2.24) is 0 Å². The first kappa shape index (κ1) is 5.72. The molecular weight excluding hydrogens is 112 g/mol. The van der Waals surface area contributed by atoms with Gasteiger partial charge in [0.25, 0.3) is 0 Å². The zero-order valence-corrected chi connectivity index (χ0v) is 5.88. The third kappa shape index (κ3) is 0.877. The van der Waals surface area contributed by atoms with Crippen molar-refractivity contribution in [2.75, 3.05) is 0 Å². The second-order valence-corrected chi connectivity index (χ2v) is 3.77. The molecule has 1 heteroatoms. The van der Waals surface area contributed by atoms with Crippen LogP contribution in [0.15, 0.2) is 0 Å². The summed E-state index contributed by atoms with van der Waals surface area (Å²) < 4.78 is 0. The molecule has 0 aromatic carbocycles. The Morgan fingerprint density at radius 2 is 1.78 bits per heavy atom. The number of fused-ring (bicyclic) bond motifs is 1. The van der Waals surface area contributed by atoms with Gasteiger partial charge in [0.1, 0.15) is 0 Å². The molecule has 4 atom stereocenters. The van der Waals surface area contributed by atoms with Crippen molar-refractivity contribution >= 4 is 0 Å². The van der Waals surface area contributed by atoms with E-state index in [1.807, 2.05) is 0 Å². The van der Waals surface area contributed by atoms with E-state index in [0.29, 0.717) is 5.92 Å². The van der Waals surface area contributed by atoms with Crippen LogP contribution in [-0.4, -0.2) is 11.2 Å². The van der Waals surface area contributed by atoms with E-state index >= 15 is 0 Å². The van der Waals surface area contributed by atoms with Crippen LogP contribution in [0, 0.1) is 17.8 Å². The molecule has 0 unspecified atom stereocenters. The minimum atomic E-state index is 0.0220. The van der Waals surface area contributed by atoms with E-state index in [0.717, 1.165) is 18.3 Å². The van der Waals surface area contributed by atoms with E-state index in [-0.39, 0.29) is 6.10 Å². The Labute approximate surface area is 56.1 Å². The van der Waals surface area contributed by atoms with Gasteiger partial charge in [-0.05, 0) is 37.0 Å². The zero-order chi connectivity index (χ0) is 6.43. The second kappa shape index (κ2) is 1.72. The van der Waals surface area contributed by atoms with Crippen molar-refractivity contribution in [3.63, 3.8) is 0 Å². The van der Waals surface area contributed by atoms with Crippen molar-refractivity contribution < 1.29 is 5.11 Å². The lowest BCUT2D eigenvalue weighted by Crippen LogP contribution is -2.22. The molecule has 2 aliphatic rings. The highest BCUT2D eigenvalue weighted by Gasteiger charge is 2.44. The van der Waals surface area contributed by atoms with E-state index in [9.17, 15) is 5.11 Å². The molecule has 0 bridgehead atoms. The van der Waals surface area contributed by atoms with Gasteiger partial charge in [0.15, 0.2) is 0 Å². The van der Waals surface area contributed by atoms with Gasteiger partial charge in [0.2, 0.25) is 0 Å². The second-order valence-electron chi connectivity index (χ2n) is 3.77. The summed E-state index contributed by atoms with van der Waals surface area (Å²) in [6.45, 7) is 2.17. The quantitative estimate of drug-likeness (QED) is 0.520. The summed E-state index contributed by atoms with van der Waals surface area (Å²) in [4.78, 5) is 0. The summed E-state index contributed by atoms with van der Waals surface area (Å²) in [6.07, 6.45) is 3.80. The van der Waals surface area contributed by atoms with Crippen LogP contribution in [0.25, 0.3) is 0 Å². The number of aliphatic hydroxyl groups is 1. The standard InChI is InChI=1S/C8H14O/c1-5-2-6-3-7(6)4-8(5)9/h5-9H,2-4H2,1H3/t5-,6-,7-,8+/m0/s1. The molecule has 52 valence electrons. The van der Waals surface area contributed by atoms with Crippen LogP contribution < -0.4 is 0 Å². The van der Waals surface area contributed by atoms with Gasteiger partial charge in [-0.3, -0.25) is 0 Å². The Morgan fingerprint density at radius 1 is 1.11 bits per heavy atom. The average molecular weight is 126 g/mol. The minimum absolute atomic E-state index is 0.0220. The van der Waals surface area contributed by atoms with Gasteiger partial charge in [0.05, 0.1) is 6.10 Å². The van der Waals surface area contributed by atoms with Crippen LogP contribution in [0.5, 0.6) is 0 Å². The third-order valence-corrected chi connectivity index (χ3v) is 2.94. The smallest absolute Gasteiger partial charge is 0.0568 e. The Morgan fingerprint density at radius 3 is 2.44 bits per heavy atom.